The van der Waals surface area contributed by atoms with Gasteiger partial charge in [0.25, 0.3) is 0 Å². The Labute approximate surface area is 149 Å². The molecule has 24 heavy (non-hydrogen) atoms. The van der Waals surface area contributed by atoms with E-state index in [0.29, 0.717) is 23.3 Å². The second-order valence-corrected chi connectivity index (χ2v) is 6.97. The van der Waals surface area contributed by atoms with E-state index in [9.17, 15) is 9.50 Å². The number of benzene rings is 2. The molecule has 0 saturated heterocycles. The standard InChI is InChI=1S/C18H17Cl2FN2O/c1-18(2,11-3-5-13(24)6-4-11)12-9-14-16(15(21)10-12)23(8-7-19)22-17(14)20/h3-6,9-10,24H,7-8H2,1-2H3. The van der Waals surface area contributed by atoms with Crippen LogP contribution in [0, 0.1) is 5.82 Å². The molecule has 3 nitrogen and oxygen atoms in total. The average Bonchev–Trinajstić information content (AvgIpc) is 2.85. The molecule has 0 unspecified atom stereocenters. The summed E-state index contributed by atoms with van der Waals surface area (Å²) in [6, 6.07) is 10.3. The van der Waals surface area contributed by atoms with Crippen LogP contribution in [0.1, 0.15) is 25.0 Å². The van der Waals surface area contributed by atoms with Crippen LogP contribution in [0.4, 0.5) is 4.39 Å². The molecule has 0 atom stereocenters. The van der Waals surface area contributed by atoms with Crippen LogP contribution in [0.15, 0.2) is 36.4 Å². The highest BCUT2D eigenvalue weighted by atomic mass is 35.5. The van der Waals surface area contributed by atoms with E-state index in [1.54, 1.807) is 12.1 Å². The van der Waals surface area contributed by atoms with Crippen LogP contribution >= 0.6 is 23.2 Å². The lowest BCUT2D eigenvalue weighted by molar-refractivity contribution is 0.474. The number of alkyl halides is 1. The Balaban J connectivity index is 2.16. The van der Waals surface area contributed by atoms with Crippen LogP contribution < -0.4 is 0 Å². The van der Waals surface area contributed by atoms with E-state index >= 15 is 0 Å². The molecule has 0 saturated carbocycles. The lowest BCUT2D eigenvalue weighted by Crippen LogP contribution is -2.19. The predicted octanol–water partition coefficient (Wildman–Crippen LogP) is 5.10. The molecule has 6 heteroatoms. The van der Waals surface area contributed by atoms with Crippen LogP contribution in [-0.2, 0) is 12.0 Å². The summed E-state index contributed by atoms with van der Waals surface area (Å²) in [4.78, 5) is 0. The Morgan fingerprint density at radius 3 is 2.46 bits per heavy atom. The largest absolute Gasteiger partial charge is 0.508 e. The second kappa shape index (κ2) is 6.26. The Hall–Kier alpha value is -1.78. The number of nitrogens with zero attached hydrogens (tertiary/aromatic N) is 2. The molecule has 0 amide bonds. The molecule has 2 aromatic carbocycles. The van der Waals surface area contributed by atoms with Gasteiger partial charge in [0, 0.05) is 16.7 Å². The fourth-order valence-corrected chi connectivity index (χ4v) is 3.27. The molecule has 0 aliphatic heterocycles. The number of aromatic hydroxyl groups is 1. The number of hydrogen-bond acceptors (Lipinski definition) is 2. The van der Waals surface area contributed by atoms with Crippen molar-refractivity contribution in [2.75, 3.05) is 5.88 Å². The van der Waals surface area contributed by atoms with Gasteiger partial charge in [-0.1, -0.05) is 37.6 Å². The second-order valence-electron chi connectivity index (χ2n) is 6.23. The third-order valence-corrected chi connectivity index (χ3v) is 4.81. The third kappa shape index (κ3) is 2.85. The first kappa shape index (κ1) is 17.1. The van der Waals surface area contributed by atoms with Gasteiger partial charge < -0.3 is 5.11 Å². The molecule has 0 radical (unpaired) electrons. The Kier molecular flexibility index (Phi) is 4.45. The smallest absolute Gasteiger partial charge is 0.159 e. The molecule has 1 heterocycles. The number of rotatable bonds is 4. The highest BCUT2D eigenvalue weighted by Gasteiger charge is 2.26. The number of aromatic nitrogens is 2. The van der Waals surface area contributed by atoms with Gasteiger partial charge in [0.05, 0.1) is 6.54 Å². The van der Waals surface area contributed by atoms with Crippen LogP contribution in [0.5, 0.6) is 5.75 Å². The van der Waals surface area contributed by atoms with Crippen molar-refractivity contribution in [2.24, 2.45) is 0 Å². The summed E-state index contributed by atoms with van der Waals surface area (Å²) in [6.07, 6.45) is 0. The van der Waals surface area contributed by atoms with E-state index in [0.717, 1.165) is 11.1 Å². The van der Waals surface area contributed by atoms with Crippen molar-refractivity contribution in [3.63, 3.8) is 0 Å². The lowest BCUT2D eigenvalue weighted by atomic mass is 9.78. The van der Waals surface area contributed by atoms with E-state index in [1.807, 2.05) is 32.0 Å². The SMILES string of the molecule is CC(C)(c1ccc(O)cc1)c1cc(F)c2c(c1)c(Cl)nn2CCCl. The summed E-state index contributed by atoms with van der Waals surface area (Å²) in [5, 5.41) is 14.5. The molecule has 1 N–H and O–H groups in total. The number of phenolic OH excluding ortho intramolecular Hbond substituents is 1. The molecular weight excluding hydrogens is 350 g/mol. The molecule has 0 aliphatic carbocycles. The van der Waals surface area contributed by atoms with Gasteiger partial charge in [-0.3, -0.25) is 4.68 Å². The summed E-state index contributed by atoms with van der Waals surface area (Å²) in [5.41, 5.74) is 1.65. The maximum atomic E-state index is 14.8. The van der Waals surface area contributed by atoms with E-state index in [4.69, 9.17) is 23.2 Å². The molecule has 126 valence electrons. The fraction of sp³-hybridized carbons (Fsp3) is 0.278. The summed E-state index contributed by atoms with van der Waals surface area (Å²) >= 11 is 11.9. The summed E-state index contributed by atoms with van der Waals surface area (Å²) in [6.45, 7) is 4.39. The van der Waals surface area contributed by atoms with Crippen molar-refractivity contribution in [2.45, 2.75) is 25.8 Å². The number of halogens is 3. The molecule has 3 rings (SSSR count). The molecule has 0 fully saturated rings. The molecule has 0 spiro atoms. The zero-order valence-electron chi connectivity index (χ0n) is 13.4. The van der Waals surface area contributed by atoms with Gasteiger partial charge in [0.2, 0.25) is 0 Å². The van der Waals surface area contributed by atoms with Gasteiger partial charge in [-0.05, 0) is 35.4 Å². The lowest BCUT2D eigenvalue weighted by Gasteiger charge is -2.26. The van der Waals surface area contributed by atoms with E-state index in [2.05, 4.69) is 5.10 Å². The van der Waals surface area contributed by atoms with Gasteiger partial charge in [-0.2, -0.15) is 5.10 Å². The van der Waals surface area contributed by atoms with Crippen LogP contribution in [0.2, 0.25) is 5.15 Å². The van der Waals surface area contributed by atoms with E-state index < -0.39 is 5.41 Å². The first-order valence-corrected chi connectivity index (χ1v) is 8.47. The number of fused-ring (bicyclic) bond motifs is 1. The highest BCUT2D eigenvalue weighted by Crippen LogP contribution is 2.36. The highest BCUT2D eigenvalue weighted by molar-refractivity contribution is 6.34. The van der Waals surface area contributed by atoms with Crippen molar-refractivity contribution in [1.29, 1.82) is 0 Å². The summed E-state index contributed by atoms with van der Waals surface area (Å²) in [5.74, 6) is 0.147. The molecule has 1 aromatic heterocycles. The topological polar surface area (TPSA) is 38.1 Å². The zero-order valence-corrected chi connectivity index (χ0v) is 14.9. The molecular formula is C18H17Cl2FN2O. The van der Waals surface area contributed by atoms with Crippen molar-refractivity contribution in [3.8, 4) is 5.75 Å². The molecule has 3 aromatic rings. The summed E-state index contributed by atoms with van der Waals surface area (Å²) in [7, 11) is 0. The monoisotopic (exact) mass is 366 g/mol. The Bertz CT molecular complexity index is 888. The minimum absolute atomic E-state index is 0.196. The van der Waals surface area contributed by atoms with Crippen LogP contribution in [0.3, 0.4) is 0 Å². The van der Waals surface area contributed by atoms with Gasteiger partial charge in [-0.25, -0.2) is 4.39 Å². The minimum atomic E-state index is -0.458. The maximum absolute atomic E-state index is 14.8. The Morgan fingerprint density at radius 2 is 1.83 bits per heavy atom. The van der Waals surface area contributed by atoms with Gasteiger partial charge >= 0.3 is 0 Å². The van der Waals surface area contributed by atoms with E-state index in [1.165, 1.54) is 10.7 Å². The maximum Gasteiger partial charge on any atom is 0.159 e. The quantitative estimate of drug-likeness (QED) is 0.652. The normalized spacial score (nSPS) is 12.0. The number of phenols is 1. The van der Waals surface area contributed by atoms with Crippen molar-refractivity contribution >= 4 is 34.1 Å². The first-order valence-electron chi connectivity index (χ1n) is 7.56. The van der Waals surface area contributed by atoms with Crippen molar-refractivity contribution < 1.29 is 9.50 Å². The predicted molar refractivity (Wildman–Crippen MR) is 95.7 cm³/mol. The first-order chi connectivity index (χ1) is 11.3. The number of hydrogen-bond donors (Lipinski definition) is 1. The fourth-order valence-electron chi connectivity index (χ4n) is 2.88. The number of aryl methyl sites for hydroxylation is 1. The van der Waals surface area contributed by atoms with Gasteiger partial charge in [0.1, 0.15) is 17.1 Å². The van der Waals surface area contributed by atoms with Crippen molar-refractivity contribution in [1.82, 2.24) is 9.78 Å². The van der Waals surface area contributed by atoms with Crippen LogP contribution in [-0.4, -0.2) is 20.8 Å². The average molecular weight is 367 g/mol. The van der Waals surface area contributed by atoms with Crippen molar-refractivity contribution in [3.05, 3.63) is 58.5 Å². The van der Waals surface area contributed by atoms with Crippen LogP contribution in [0.25, 0.3) is 10.9 Å². The zero-order chi connectivity index (χ0) is 17.5. The molecule has 0 bridgehead atoms. The van der Waals surface area contributed by atoms with Gasteiger partial charge in [0.15, 0.2) is 5.15 Å². The minimum Gasteiger partial charge on any atom is -0.508 e. The summed E-state index contributed by atoms with van der Waals surface area (Å²) < 4.78 is 16.2. The van der Waals surface area contributed by atoms with E-state index in [-0.39, 0.29) is 16.7 Å². The third-order valence-electron chi connectivity index (χ3n) is 4.36. The Morgan fingerprint density at radius 1 is 1.17 bits per heavy atom. The van der Waals surface area contributed by atoms with Gasteiger partial charge in [-0.15, -0.1) is 11.6 Å². The molecule has 0 aliphatic rings.